The van der Waals surface area contributed by atoms with Crippen molar-refractivity contribution in [1.82, 2.24) is 9.47 Å². The number of likely N-dealkylation sites (tertiary alicyclic amines) is 1. The molecule has 1 saturated heterocycles. The van der Waals surface area contributed by atoms with Crippen molar-refractivity contribution in [3.05, 3.63) is 18.7 Å². The molecule has 0 N–H and O–H groups in total. The Balaban J connectivity index is 1.96. The fraction of sp³-hybridized carbons (Fsp3) is 0.733. The van der Waals surface area contributed by atoms with Crippen LogP contribution in [0.4, 0.5) is 4.79 Å². The van der Waals surface area contributed by atoms with Gasteiger partial charge in [-0.2, -0.15) is 4.57 Å². The SMILES string of the molecule is C[n+]1ccn(C(=O)N2CC[C@H](O[Si](C)(C)C(C)(C)C)C2)c1. The van der Waals surface area contributed by atoms with E-state index < -0.39 is 8.32 Å². The molecule has 2 heterocycles. The Morgan fingerprint density at radius 1 is 1.38 bits per heavy atom. The van der Waals surface area contributed by atoms with Gasteiger partial charge in [0.2, 0.25) is 0 Å². The Morgan fingerprint density at radius 2 is 2.05 bits per heavy atom. The maximum Gasteiger partial charge on any atom is 0.415 e. The lowest BCUT2D eigenvalue weighted by Crippen LogP contribution is -2.45. The first-order chi connectivity index (χ1) is 9.60. The molecule has 1 aliphatic rings. The van der Waals surface area contributed by atoms with E-state index in [2.05, 4.69) is 33.9 Å². The van der Waals surface area contributed by atoms with Crippen LogP contribution in [0.15, 0.2) is 18.7 Å². The highest BCUT2D eigenvalue weighted by atomic mass is 28.4. The standard InChI is InChI=1S/C15H28N3O2Si/c1-15(2,3)21(5,6)20-13-7-8-17(11-13)14(19)18-10-9-16(4)12-18/h9-10,12-13H,7-8,11H2,1-6H3/q+1/t13-/m0/s1. The van der Waals surface area contributed by atoms with Crippen LogP contribution in [0.1, 0.15) is 27.2 Å². The monoisotopic (exact) mass is 310 g/mol. The van der Waals surface area contributed by atoms with E-state index in [1.165, 1.54) is 0 Å². The quantitative estimate of drug-likeness (QED) is 0.621. The number of carbonyl (C=O) groups excluding carboxylic acids is 1. The summed E-state index contributed by atoms with van der Waals surface area (Å²) in [5, 5.41) is 0.207. The minimum Gasteiger partial charge on any atom is -0.412 e. The van der Waals surface area contributed by atoms with Gasteiger partial charge in [-0.25, -0.2) is 9.36 Å². The summed E-state index contributed by atoms with van der Waals surface area (Å²) in [6, 6.07) is 0.0388. The summed E-state index contributed by atoms with van der Waals surface area (Å²) in [6.07, 6.45) is 6.58. The second-order valence-corrected chi connectivity index (χ2v) is 12.3. The van der Waals surface area contributed by atoms with E-state index >= 15 is 0 Å². The predicted octanol–water partition coefficient (Wildman–Crippen LogP) is 2.38. The number of nitrogens with zero attached hydrogens (tertiary/aromatic N) is 3. The number of hydrogen-bond acceptors (Lipinski definition) is 2. The molecule has 6 heteroatoms. The molecule has 1 fully saturated rings. The van der Waals surface area contributed by atoms with Crippen LogP contribution in [0.3, 0.4) is 0 Å². The van der Waals surface area contributed by atoms with Crippen molar-refractivity contribution in [1.29, 1.82) is 0 Å². The van der Waals surface area contributed by atoms with E-state index in [-0.39, 0.29) is 17.2 Å². The van der Waals surface area contributed by atoms with Gasteiger partial charge in [0, 0.05) is 13.1 Å². The molecule has 5 nitrogen and oxygen atoms in total. The summed E-state index contributed by atoms with van der Waals surface area (Å²) in [5.41, 5.74) is 0. The van der Waals surface area contributed by atoms with Gasteiger partial charge in [0.05, 0.1) is 13.2 Å². The Bertz CT molecular complexity index is 519. The number of rotatable bonds is 2. The van der Waals surface area contributed by atoms with Crippen molar-refractivity contribution in [3.63, 3.8) is 0 Å². The number of carbonyl (C=O) groups is 1. The predicted molar refractivity (Wildman–Crippen MR) is 84.7 cm³/mol. The molecule has 118 valence electrons. The van der Waals surface area contributed by atoms with Gasteiger partial charge in [-0.05, 0) is 24.6 Å². The third kappa shape index (κ3) is 3.55. The van der Waals surface area contributed by atoms with Gasteiger partial charge < -0.3 is 9.33 Å². The molecule has 0 spiro atoms. The average molecular weight is 310 g/mol. The average Bonchev–Trinajstić information content (AvgIpc) is 2.95. The Kier molecular flexibility index (Phi) is 4.30. The van der Waals surface area contributed by atoms with Gasteiger partial charge in [-0.1, -0.05) is 20.8 Å². The highest BCUT2D eigenvalue weighted by molar-refractivity contribution is 6.74. The summed E-state index contributed by atoms with van der Waals surface area (Å²) >= 11 is 0. The Morgan fingerprint density at radius 3 is 2.57 bits per heavy atom. The maximum absolute atomic E-state index is 12.4. The molecule has 0 radical (unpaired) electrons. The van der Waals surface area contributed by atoms with Crippen molar-refractivity contribution in [3.8, 4) is 0 Å². The molecule has 1 amide bonds. The van der Waals surface area contributed by atoms with Crippen LogP contribution in [0.25, 0.3) is 0 Å². The minimum absolute atomic E-state index is 0.0388. The minimum atomic E-state index is -1.76. The molecular formula is C15H28N3O2Si+. The van der Waals surface area contributed by atoms with Gasteiger partial charge in [-0.3, -0.25) is 0 Å². The summed E-state index contributed by atoms with van der Waals surface area (Å²) in [6.45, 7) is 12.8. The number of imidazole rings is 1. The number of amides is 1. The molecule has 0 aromatic carbocycles. The van der Waals surface area contributed by atoms with Crippen LogP contribution in [0.5, 0.6) is 0 Å². The number of hydrogen-bond donors (Lipinski definition) is 0. The summed E-state index contributed by atoms with van der Waals surface area (Å²) in [4.78, 5) is 14.3. The van der Waals surface area contributed by atoms with E-state index in [1.54, 1.807) is 17.1 Å². The first kappa shape index (κ1) is 16.2. The lowest BCUT2D eigenvalue weighted by Gasteiger charge is -2.38. The van der Waals surface area contributed by atoms with Crippen molar-refractivity contribution in [2.24, 2.45) is 7.05 Å². The third-order valence-corrected chi connectivity index (χ3v) is 9.21. The van der Waals surface area contributed by atoms with Crippen molar-refractivity contribution >= 4 is 14.3 Å². The highest BCUT2D eigenvalue weighted by Gasteiger charge is 2.41. The fourth-order valence-electron chi connectivity index (χ4n) is 2.32. The molecule has 0 unspecified atom stereocenters. The fourth-order valence-corrected chi connectivity index (χ4v) is 3.70. The lowest BCUT2D eigenvalue weighted by molar-refractivity contribution is -0.670. The van der Waals surface area contributed by atoms with Crippen LogP contribution in [-0.4, -0.2) is 43.0 Å². The first-order valence-electron chi connectivity index (χ1n) is 7.60. The van der Waals surface area contributed by atoms with Crippen molar-refractivity contribution < 1.29 is 13.8 Å². The van der Waals surface area contributed by atoms with Gasteiger partial charge in [0.15, 0.2) is 8.32 Å². The smallest absolute Gasteiger partial charge is 0.412 e. The van der Waals surface area contributed by atoms with E-state index in [0.717, 1.165) is 13.0 Å². The molecule has 0 aliphatic carbocycles. The van der Waals surface area contributed by atoms with Crippen LogP contribution in [-0.2, 0) is 11.5 Å². The van der Waals surface area contributed by atoms with Crippen molar-refractivity contribution in [2.45, 2.75) is 51.4 Å². The maximum atomic E-state index is 12.4. The number of aromatic nitrogens is 2. The van der Waals surface area contributed by atoms with Crippen molar-refractivity contribution in [2.75, 3.05) is 13.1 Å². The number of aryl methyl sites for hydroxylation is 1. The summed E-state index contributed by atoms with van der Waals surface area (Å²) in [7, 11) is 0.155. The lowest BCUT2D eigenvalue weighted by atomic mass is 10.2. The van der Waals surface area contributed by atoms with Gasteiger partial charge in [0.25, 0.3) is 6.33 Å². The summed E-state index contributed by atoms with van der Waals surface area (Å²) < 4.78 is 9.92. The van der Waals surface area contributed by atoms with Crippen LogP contribution < -0.4 is 4.57 Å². The van der Waals surface area contributed by atoms with Gasteiger partial charge in [-0.15, -0.1) is 0 Å². The van der Waals surface area contributed by atoms with E-state index in [1.807, 2.05) is 22.7 Å². The first-order valence-corrected chi connectivity index (χ1v) is 10.5. The Labute approximate surface area is 128 Å². The molecule has 0 bridgehead atoms. The topological polar surface area (TPSA) is 38.3 Å². The molecule has 1 aromatic heterocycles. The van der Waals surface area contributed by atoms with E-state index in [0.29, 0.717) is 6.54 Å². The third-order valence-electron chi connectivity index (χ3n) is 4.67. The normalized spacial score (nSPS) is 20.1. The van der Waals surface area contributed by atoms with Gasteiger partial charge >= 0.3 is 6.03 Å². The molecule has 21 heavy (non-hydrogen) atoms. The highest BCUT2D eigenvalue weighted by Crippen LogP contribution is 2.38. The summed E-state index contributed by atoms with van der Waals surface area (Å²) in [5.74, 6) is 0. The van der Waals surface area contributed by atoms with E-state index in [9.17, 15) is 4.79 Å². The second kappa shape index (κ2) is 5.57. The molecule has 2 rings (SSSR count). The van der Waals surface area contributed by atoms with Crippen LogP contribution in [0.2, 0.25) is 18.1 Å². The molecule has 0 saturated carbocycles. The van der Waals surface area contributed by atoms with Gasteiger partial charge in [0.1, 0.15) is 12.4 Å². The molecule has 1 atom stereocenters. The Hall–Kier alpha value is -1.14. The van der Waals surface area contributed by atoms with Crippen LogP contribution in [0, 0.1) is 0 Å². The largest absolute Gasteiger partial charge is 0.415 e. The molecule has 1 aliphatic heterocycles. The molecule has 1 aromatic rings. The van der Waals surface area contributed by atoms with E-state index in [4.69, 9.17) is 4.43 Å². The zero-order chi connectivity index (χ0) is 15.8. The zero-order valence-electron chi connectivity index (χ0n) is 14.1. The zero-order valence-corrected chi connectivity index (χ0v) is 15.1. The second-order valence-electron chi connectivity index (χ2n) is 7.50. The molecular weight excluding hydrogens is 282 g/mol. The van der Waals surface area contributed by atoms with Crippen LogP contribution >= 0.6 is 0 Å².